The third-order valence-corrected chi connectivity index (χ3v) is 5.38. The number of methoxy groups -OCH3 is 1. The molecule has 0 aromatic heterocycles. The molecule has 5 N–H and O–H groups in total. The van der Waals surface area contributed by atoms with Gasteiger partial charge >= 0.3 is 0 Å². The normalized spacial score (nSPS) is 16.6. The van der Waals surface area contributed by atoms with Gasteiger partial charge in [0.05, 0.1) is 7.11 Å². The zero-order valence-electron chi connectivity index (χ0n) is 21.3. The molecule has 1 aromatic carbocycles. The number of halogens is 1. The number of rotatable bonds is 9. The van der Waals surface area contributed by atoms with Crippen molar-refractivity contribution in [3.63, 3.8) is 0 Å². The fraction of sp³-hybridized carbons (Fsp3) is 0.407. The van der Waals surface area contributed by atoms with Gasteiger partial charge in [-0.25, -0.2) is 5.84 Å². The Bertz CT molecular complexity index is 894. The van der Waals surface area contributed by atoms with E-state index in [-0.39, 0.29) is 11.5 Å². The van der Waals surface area contributed by atoms with Crippen molar-refractivity contribution in [2.24, 2.45) is 17.0 Å². The molecule has 0 spiro atoms. The van der Waals surface area contributed by atoms with Crippen molar-refractivity contribution in [1.82, 2.24) is 10.3 Å². The summed E-state index contributed by atoms with van der Waals surface area (Å²) < 4.78 is 12.0. The van der Waals surface area contributed by atoms with Crippen LogP contribution in [0.2, 0.25) is 0 Å². The molecule has 34 heavy (non-hydrogen) atoms. The minimum atomic E-state index is 0.0914. The van der Waals surface area contributed by atoms with Gasteiger partial charge in [0.25, 0.3) is 0 Å². The second-order valence-corrected chi connectivity index (χ2v) is 10.1. The molecular formula is C27H41BrN4O2. The number of nitrogens with one attached hydrogen (secondary N) is 1. The average molecular weight is 534 g/mol. The van der Waals surface area contributed by atoms with Crippen molar-refractivity contribution in [2.45, 2.75) is 46.8 Å². The Hall–Kier alpha value is -2.48. The van der Waals surface area contributed by atoms with Crippen LogP contribution in [0.5, 0.6) is 5.75 Å². The Morgan fingerprint density at radius 3 is 2.59 bits per heavy atom. The number of hydrogen-bond acceptors (Lipinski definition) is 6. The van der Waals surface area contributed by atoms with E-state index in [1.54, 1.807) is 12.1 Å². The van der Waals surface area contributed by atoms with Crippen LogP contribution < -0.4 is 21.6 Å². The largest absolute Gasteiger partial charge is 0.497 e. The predicted molar refractivity (Wildman–Crippen MR) is 147 cm³/mol. The summed E-state index contributed by atoms with van der Waals surface area (Å²) in [4.78, 5) is 0. The van der Waals surface area contributed by atoms with Crippen LogP contribution in [0.25, 0.3) is 0 Å². The third-order valence-electron chi connectivity index (χ3n) is 4.49. The molecule has 0 saturated heterocycles. The van der Waals surface area contributed by atoms with Gasteiger partial charge < -0.3 is 25.5 Å². The molecule has 2 rings (SSSR count). The van der Waals surface area contributed by atoms with Crippen molar-refractivity contribution < 1.29 is 9.47 Å². The fourth-order valence-electron chi connectivity index (χ4n) is 2.96. The molecule has 188 valence electrons. The van der Waals surface area contributed by atoms with Crippen molar-refractivity contribution in [3.8, 4) is 5.75 Å². The van der Waals surface area contributed by atoms with E-state index >= 15 is 0 Å². The van der Waals surface area contributed by atoms with Crippen LogP contribution in [0.3, 0.4) is 0 Å². The first-order valence-corrected chi connectivity index (χ1v) is 12.1. The standard InChI is InChI=1S/C15H19NO2.C12H22BrN3/c1-16-11-12-4-3-5-15(10-12)18-14-8-6-13(17-2)7-9-14;1-10(14)11(13)7-5-6-8-16(15)9-12(2,3)4/h3-8,10,14,16H,9,11H2,1-2H3;5-8H,9,14-15H2,1-4H3/b;7-5-,8-6+,11-10-. The van der Waals surface area contributed by atoms with Gasteiger partial charge in [-0.1, -0.05) is 39.0 Å². The average Bonchev–Trinajstić information content (AvgIpc) is 2.77. The van der Waals surface area contributed by atoms with E-state index in [1.807, 2.05) is 68.8 Å². The van der Waals surface area contributed by atoms with Gasteiger partial charge in [-0.2, -0.15) is 0 Å². The zero-order valence-corrected chi connectivity index (χ0v) is 22.9. The molecule has 0 radical (unpaired) electrons. The molecule has 0 fully saturated rings. The maximum absolute atomic E-state index is 5.92. The monoisotopic (exact) mass is 532 g/mol. The Labute approximate surface area is 214 Å². The first-order chi connectivity index (χ1) is 16.0. The Morgan fingerprint density at radius 1 is 1.29 bits per heavy atom. The van der Waals surface area contributed by atoms with Gasteiger partial charge in [0, 0.05) is 35.9 Å². The van der Waals surface area contributed by atoms with Crippen LogP contribution in [0.15, 0.2) is 82.9 Å². The number of nitrogens with two attached hydrogens (primary N) is 2. The highest BCUT2D eigenvalue weighted by Gasteiger charge is 2.11. The Kier molecular flexibility index (Phi) is 13.4. The number of allylic oxidation sites excluding steroid dienone is 6. The summed E-state index contributed by atoms with van der Waals surface area (Å²) in [6, 6.07) is 8.16. The van der Waals surface area contributed by atoms with Crippen LogP contribution in [-0.2, 0) is 11.3 Å². The number of benzene rings is 1. The van der Waals surface area contributed by atoms with Gasteiger partial charge in [-0.15, -0.1) is 0 Å². The lowest BCUT2D eigenvalue weighted by atomic mass is 9.97. The van der Waals surface area contributed by atoms with Crippen LogP contribution >= 0.6 is 15.9 Å². The minimum Gasteiger partial charge on any atom is -0.497 e. The first kappa shape index (κ1) is 29.6. The molecule has 1 aromatic rings. The van der Waals surface area contributed by atoms with Crippen LogP contribution in [0.1, 0.15) is 39.7 Å². The molecule has 0 amide bonds. The summed E-state index contributed by atoms with van der Waals surface area (Å²) in [5.74, 6) is 7.61. The fourth-order valence-corrected chi connectivity index (χ4v) is 3.11. The van der Waals surface area contributed by atoms with Crippen molar-refractivity contribution >= 4 is 15.9 Å². The van der Waals surface area contributed by atoms with Crippen molar-refractivity contribution in [3.05, 3.63) is 88.4 Å². The van der Waals surface area contributed by atoms with E-state index < -0.39 is 0 Å². The highest BCUT2D eigenvalue weighted by Crippen LogP contribution is 2.20. The second-order valence-electron chi connectivity index (χ2n) is 9.20. The second kappa shape index (κ2) is 15.4. The number of hydrazine groups is 1. The predicted octanol–water partition coefficient (Wildman–Crippen LogP) is 5.51. The van der Waals surface area contributed by atoms with Crippen LogP contribution in [0.4, 0.5) is 0 Å². The summed E-state index contributed by atoms with van der Waals surface area (Å²) in [7, 11) is 3.62. The molecule has 1 unspecified atom stereocenters. The van der Waals surface area contributed by atoms with Gasteiger partial charge in [-0.05, 0) is 83.4 Å². The summed E-state index contributed by atoms with van der Waals surface area (Å²) in [6.45, 7) is 9.94. The summed E-state index contributed by atoms with van der Waals surface area (Å²) in [6.07, 6.45) is 14.5. The summed E-state index contributed by atoms with van der Waals surface area (Å²) in [5.41, 5.74) is 7.75. The van der Waals surface area contributed by atoms with E-state index in [2.05, 4.69) is 54.2 Å². The van der Waals surface area contributed by atoms with E-state index in [0.29, 0.717) is 0 Å². The van der Waals surface area contributed by atoms with Gasteiger partial charge in [0.2, 0.25) is 0 Å². The highest BCUT2D eigenvalue weighted by atomic mass is 79.9. The van der Waals surface area contributed by atoms with E-state index in [4.69, 9.17) is 21.1 Å². The lowest BCUT2D eigenvalue weighted by Gasteiger charge is -2.24. The van der Waals surface area contributed by atoms with E-state index in [1.165, 1.54) is 5.56 Å². The third kappa shape index (κ3) is 13.3. The van der Waals surface area contributed by atoms with E-state index in [9.17, 15) is 0 Å². The Balaban J connectivity index is 0.000000344. The molecule has 1 aliphatic carbocycles. The quantitative estimate of drug-likeness (QED) is 0.221. The highest BCUT2D eigenvalue weighted by molar-refractivity contribution is 9.11. The molecule has 6 nitrogen and oxygen atoms in total. The lowest BCUT2D eigenvalue weighted by molar-refractivity contribution is 0.240. The molecule has 0 saturated carbocycles. The van der Waals surface area contributed by atoms with Crippen LogP contribution in [0, 0.1) is 5.41 Å². The SMILES string of the molecule is CNCc1cccc(OC2C=CC(OC)=CC2)c1.C\C(N)=C(Br)/C=C\C=C\N(N)CC(C)(C)C. The molecule has 0 bridgehead atoms. The molecule has 0 aliphatic heterocycles. The number of hydrogen-bond donors (Lipinski definition) is 3. The zero-order chi connectivity index (χ0) is 25.6. The molecule has 0 heterocycles. The smallest absolute Gasteiger partial charge is 0.121 e. The molecular weight excluding hydrogens is 492 g/mol. The van der Waals surface area contributed by atoms with Gasteiger partial charge in [-0.3, -0.25) is 0 Å². The van der Waals surface area contributed by atoms with Crippen molar-refractivity contribution in [2.75, 3.05) is 20.7 Å². The molecule has 1 aliphatic rings. The van der Waals surface area contributed by atoms with Gasteiger partial charge in [0.15, 0.2) is 0 Å². The van der Waals surface area contributed by atoms with Gasteiger partial charge in [0.1, 0.15) is 17.6 Å². The number of nitrogens with zero attached hydrogens (tertiary/aromatic N) is 1. The lowest BCUT2D eigenvalue weighted by Crippen LogP contribution is -2.33. The molecule has 1 atom stereocenters. The maximum atomic E-state index is 5.92. The summed E-state index contributed by atoms with van der Waals surface area (Å²) in [5, 5.41) is 4.81. The first-order valence-electron chi connectivity index (χ1n) is 11.3. The minimum absolute atomic E-state index is 0.0914. The maximum Gasteiger partial charge on any atom is 0.121 e. The van der Waals surface area contributed by atoms with Crippen molar-refractivity contribution in [1.29, 1.82) is 0 Å². The van der Waals surface area contributed by atoms with Crippen LogP contribution in [-0.4, -0.2) is 31.8 Å². The Morgan fingerprint density at radius 2 is 2.03 bits per heavy atom. The van der Waals surface area contributed by atoms with E-state index in [0.717, 1.165) is 41.2 Å². The topological polar surface area (TPSA) is 85.8 Å². The number of ether oxygens (including phenoxy) is 2. The molecule has 7 heteroatoms. The summed E-state index contributed by atoms with van der Waals surface area (Å²) >= 11 is 3.35.